The molecule has 7 rings (SSSR count). The largest absolute Gasteiger partial charge is 0.365 e. The van der Waals surface area contributed by atoms with Gasteiger partial charge >= 0.3 is 0 Å². The quantitative estimate of drug-likeness (QED) is 0.719. The summed E-state index contributed by atoms with van der Waals surface area (Å²) < 4.78 is 5.99. The van der Waals surface area contributed by atoms with Crippen LogP contribution in [0.3, 0.4) is 0 Å². The van der Waals surface area contributed by atoms with Crippen molar-refractivity contribution in [1.82, 2.24) is 4.90 Å². The van der Waals surface area contributed by atoms with Gasteiger partial charge < -0.3 is 14.7 Å². The van der Waals surface area contributed by atoms with Crippen molar-refractivity contribution in [2.45, 2.75) is 42.5 Å². The van der Waals surface area contributed by atoms with E-state index in [2.05, 4.69) is 34.1 Å². The fourth-order valence-electron chi connectivity index (χ4n) is 7.55. The Bertz CT molecular complexity index is 897. The van der Waals surface area contributed by atoms with Crippen molar-refractivity contribution in [2.75, 3.05) is 24.6 Å². The van der Waals surface area contributed by atoms with Gasteiger partial charge in [-0.15, -0.1) is 0 Å². The Kier molecular flexibility index (Phi) is 2.34. The van der Waals surface area contributed by atoms with Gasteiger partial charge in [-0.2, -0.15) is 0 Å². The van der Waals surface area contributed by atoms with Crippen molar-refractivity contribution < 1.29 is 14.6 Å². The summed E-state index contributed by atoms with van der Waals surface area (Å²) in [5.41, 5.74) is 3.77. The minimum Gasteiger partial charge on any atom is -0.365 e. The molecule has 3 saturated heterocycles. The standard InChI is InChI=1S/C21H22N2O3/c24-17-10-21(25)18-13-9-16-20(6-7-22(16)11-12(13)5-8-26-21)14-3-1-2-4-15(14)23(17)19(18)20/h1-5,13,16,18-19,25H,6-11H2. The average Bonchev–Trinajstić information content (AvgIpc) is 3.11. The fraction of sp³-hybridized carbons (Fsp3) is 0.571. The second kappa shape index (κ2) is 4.24. The zero-order valence-electron chi connectivity index (χ0n) is 14.6. The molecule has 1 amide bonds. The molecule has 5 heterocycles. The van der Waals surface area contributed by atoms with Crippen molar-refractivity contribution in [2.24, 2.45) is 11.8 Å². The molecule has 5 aliphatic heterocycles. The summed E-state index contributed by atoms with van der Waals surface area (Å²) in [7, 11) is 0. The number of para-hydroxylation sites is 1. The lowest BCUT2D eigenvalue weighted by atomic mass is 9.53. The van der Waals surface area contributed by atoms with Crippen LogP contribution in [0.4, 0.5) is 5.69 Å². The number of hydrogen-bond donors (Lipinski definition) is 1. The number of carbonyl (C=O) groups is 1. The molecule has 1 spiro atoms. The van der Waals surface area contributed by atoms with Gasteiger partial charge in [0.15, 0.2) is 5.79 Å². The molecule has 0 radical (unpaired) electrons. The first-order chi connectivity index (χ1) is 12.6. The van der Waals surface area contributed by atoms with Crippen LogP contribution in [-0.4, -0.2) is 53.5 Å². The minimum atomic E-state index is -1.33. The van der Waals surface area contributed by atoms with E-state index in [1.807, 2.05) is 6.07 Å². The van der Waals surface area contributed by atoms with Gasteiger partial charge in [0.05, 0.1) is 19.1 Å². The van der Waals surface area contributed by atoms with Gasteiger partial charge in [0.2, 0.25) is 5.91 Å². The van der Waals surface area contributed by atoms with Crippen LogP contribution in [0.5, 0.6) is 0 Å². The summed E-state index contributed by atoms with van der Waals surface area (Å²) in [5, 5.41) is 11.5. The summed E-state index contributed by atoms with van der Waals surface area (Å²) in [5.74, 6) is -1.02. The molecule has 1 aliphatic carbocycles. The molecule has 5 nitrogen and oxygen atoms in total. The third-order valence-corrected chi connectivity index (χ3v) is 8.30. The summed E-state index contributed by atoms with van der Waals surface area (Å²) in [6, 6.07) is 8.95. The van der Waals surface area contributed by atoms with E-state index in [1.165, 1.54) is 11.1 Å². The summed E-state index contributed by atoms with van der Waals surface area (Å²) in [6.45, 7) is 2.49. The fourth-order valence-corrected chi connectivity index (χ4v) is 7.55. The molecule has 6 aliphatic rings. The molecular weight excluding hydrogens is 328 g/mol. The number of benzene rings is 1. The molecule has 2 bridgehead atoms. The number of amides is 1. The SMILES string of the molecule is O=C1CC2(O)OCC=C3CN4CCC56c7ccccc7N1C5C2C3CC46. The zero-order valence-corrected chi connectivity index (χ0v) is 14.6. The van der Waals surface area contributed by atoms with E-state index in [0.29, 0.717) is 18.6 Å². The molecule has 4 fully saturated rings. The van der Waals surface area contributed by atoms with E-state index in [0.717, 1.165) is 31.6 Å². The van der Waals surface area contributed by atoms with Gasteiger partial charge in [-0.25, -0.2) is 0 Å². The average molecular weight is 350 g/mol. The van der Waals surface area contributed by atoms with E-state index in [4.69, 9.17) is 4.74 Å². The van der Waals surface area contributed by atoms with Crippen LogP contribution in [0.2, 0.25) is 0 Å². The highest BCUT2D eigenvalue weighted by atomic mass is 16.6. The lowest BCUT2D eigenvalue weighted by Crippen LogP contribution is -2.72. The van der Waals surface area contributed by atoms with Crippen molar-refractivity contribution >= 4 is 11.6 Å². The molecule has 26 heavy (non-hydrogen) atoms. The number of aliphatic hydroxyl groups is 1. The molecule has 1 aromatic rings. The maximum atomic E-state index is 13.2. The maximum absolute atomic E-state index is 13.2. The monoisotopic (exact) mass is 350 g/mol. The van der Waals surface area contributed by atoms with E-state index in [9.17, 15) is 9.90 Å². The number of anilines is 1. The number of rotatable bonds is 0. The third-order valence-electron chi connectivity index (χ3n) is 8.30. The van der Waals surface area contributed by atoms with Crippen LogP contribution in [0.15, 0.2) is 35.9 Å². The van der Waals surface area contributed by atoms with Gasteiger partial charge in [-0.1, -0.05) is 29.8 Å². The van der Waals surface area contributed by atoms with Crippen LogP contribution in [0.1, 0.15) is 24.8 Å². The topological polar surface area (TPSA) is 53.0 Å². The number of hydrogen-bond acceptors (Lipinski definition) is 4. The van der Waals surface area contributed by atoms with Gasteiger partial charge in [-0.05, 0) is 36.9 Å². The minimum absolute atomic E-state index is 0.0138. The van der Waals surface area contributed by atoms with Crippen LogP contribution in [0.25, 0.3) is 0 Å². The van der Waals surface area contributed by atoms with E-state index >= 15 is 0 Å². The molecule has 0 aromatic heterocycles. The molecule has 134 valence electrons. The Labute approximate surface area is 152 Å². The van der Waals surface area contributed by atoms with Gasteiger partial charge in [-0.3, -0.25) is 9.69 Å². The van der Waals surface area contributed by atoms with Crippen molar-refractivity contribution in [1.29, 1.82) is 0 Å². The number of piperidine rings is 2. The molecule has 6 unspecified atom stereocenters. The normalized spacial score (nSPS) is 47.5. The summed E-state index contributed by atoms with van der Waals surface area (Å²) in [4.78, 5) is 17.9. The van der Waals surface area contributed by atoms with Crippen LogP contribution in [-0.2, 0) is 14.9 Å². The third kappa shape index (κ3) is 1.33. The Balaban J connectivity index is 1.57. The van der Waals surface area contributed by atoms with Crippen molar-refractivity contribution in [3.8, 4) is 0 Å². The first-order valence-corrected chi connectivity index (χ1v) is 9.84. The maximum Gasteiger partial charge on any atom is 0.232 e. The Morgan fingerprint density at radius 1 is 1.27 bits per heavy atom. The predicted octanol–water partition coefficient (Wildman–Crippen LogP) is 1.41. The van der Waals surface area contributed by atoms with Crippen LogP contribution >= 0.6 is 0 Å². The van der Waals surface area contributed by atoms with Gasteiger partial charge in [0.1, 0.15) is 0 Å². The number of nitrogens with zero attached hydrogens (tertiary/aromatic N) is 2. The molecular formula is C21H22N2O3. The highest BCUT2D eigenvalue weighted by Gasteiger charge is 2.73. The van der Waals surface area contributed by atoms with E-state index in [1.54, 1.807) is 0 Å². The van der Waals surface area contributed by atoms with Crippen molar-refractivity contribution in [3.05, 3.63) is 41.5 Å². The molecule has 5 heteroatoms. The number of ether oxygens (including phenoxy) is 1. The Morgan fingerprint density at radius 2 is 2.15 bits per heavy atom. The molecule has 1 aromatic carbocycles. The lowest BCUT2D eigenvalue weighted by Gasteiger charge is -2.60. The van der Waals surface area contributed by atoms with Crippen LogP contribution in [0, 0.1) is 11.8 Å². The Morgan fingerprint density at radius 3 is 3.08 bits per heavy atom. The lowest BCUT2D eigenvalue weighted by molar-refractivity contribution is -0.259. The second-order valence-electron chi connectivity index (χ2n) is 8.98. The summed E-state index contributed by atoms with van der Waals surface area (Å²) >= 11 is 0. The predicted molar refractivity (Wildman–Crippen MR) is 94.6 cm³/mol. The number of carbonyl (C=O) groups excluding carboxylic acids is 1. The van der Waals surface area contributed by atoms with Gasteiger partial charge in [0, 0.05) is 29.6 Å². The Hall–Kier alpha value is -1.69. The zero-order chi connectivity index (χ0) is 17.3. The molecule has 1 N–H and O–H groups in total. The summed E-state index contributed by atoms with van der Waals surface area (Å²) in [6.07, 6.45) is 4.40. The highest BCUT2D eigenvalue weighted by Crippen LogP contribution is 2.66. The van der Waals surface area contributed by atoms with E-state index < -0.39 is 5.79 Å². The number of fused-ring (bicyclic) bond motifs is 2. The van der Waals surface area contributed by atoms with Crippen LogP contribution < -0.4 is 4.90 Å². The second-order valence-corrected chi connectivity index (χ2v) is 8.98. The highest BCUT2D eigenvalue weighted by molar-refractivity contribution is 5.99. The van der Waals surface area contributed by atoms with Gasteiger partial charge in [0.25, 0.3) is 0 Å². The smallest absolute Gasteiger partial charge is 0.232 e. The first kappa shape index (κ1) is 14.4. The molecule has 6 atom stereocenters. The van der Waals surface area contributed by atoms with Crippen molar-refractivity contribution in [3.63, 3.8) is 0 Å². The van der Waals surface area contributed by atoms with E-state index in [-0.39, 0.29) is 29.7 Å². The first-order valence-electron chi connectivity index (χ1n) is 9.84. The molecule has 1 saturated carbocycles.